The highest BCUT2D eigenvalue weighted by atomic mass is 19.1. The maximum absolute atomic E-state index is 13.6. The van der Waals surface area contributed by atoms with Crippen molar-refractivity contribution in [3.63, 3.8) is 0 Å². The number of hydrogen-bond acceptors (Lipinski definition) is 5. The number of nitrogens with one attached hydrogen (secondary N) is 2. The van der Waals surface area contributed by atoms with Gasteiger partial charge in [0.15, 0.2) is 5.78 Å². The molecular formula is C27H25FN2O3. The monoisotopic (exact) mass is 444 g/mol. The van der Waals surface area contributed by atoms with Gasteiger partial charge in [0.05, 0.1) is 31.6 Å². The van der Waals surface area contributed by atoms with Crippen LogP contribution in [0.4, 0.5) is 15.8 Å². The highest BCUT2D eigenvalue weighted by molar-refractivity contribution is 6.01. The molecule has 0 spiro atoms. The number of allylic oxidation sites excluding steroid dienone is 1. The summed E-state index contributed by atoms with van der Waals surface area (Å²) in [4.78, 5) is 13.6. The first-order valence-corrected chi connectivity index (χ1v) is 10.9. The second kappa shape index (κ2) is 8.62. The largest absolute Gasteiger partial charge is 0.497 e. The molecule has 2 N–H and O–H groups in total. The average molecular weight is 445 g/mol. The number of hydrogen-bond donors (Lipinski definition) is 2. The third kappa shape index (κ3) is 3.93. The zero-order chi connectivity index (χ0) is 22.9. The van der Waals surface area contributed by atoms with E-state index in [0.717, 1.165) is 28.2 Å². The summed E-state index contributed by atoms with van der Waals surface area (Å²) in [5.41, 5.74) is 5.21. The fraction of sp³-hybridized carbons (Fsp3) is 0.222. The lowest BCUT2D eigenvalue weighted by Crippen LogP contribution is -2.27. The smallest absolute Gasteiger partial charge is 0.163 e. The van der Waals surface area contributed by atoms with Gasteiger partial charge in [0.1, 0.15) is 17.3 Å². The molecule has 0 saturated carbocycles. The molecule has 2 aliphatic rings. The van der Waals surface area contributed by atoms with E-state index in [4.69, 9.17) is 9.47 Å². The zero-order valence-corrected chi connectivity index (χ0v) is 18.5. The molecule has 3 aromatic carbocycles. The summed E-state index contributed by atoms with van der Waals surface area (Å²) >= 11 is 0. The molecular weight excluding hydrogens is 419 g/mol. The highest BCUT2D eigenvalue weighted by Crippen LogP contribution is 2.46. The van der Waals surface area contributed by atoms with Crippen molar-refractivity contribution < 1.29 is 18.7 Å². The van der Waals surface area contributed by atoms with Crippen LogP contribution >= 0.6 is 0 Å². The number of Topliss-reactive ketones (excluding diaryl/α,β-unsaturated/α-hetero) is 1. The van der Waals surface area contributed by atoms with Crippen LogP contribution in [0.3, 0.4) is 0 Å². The molecule has 1 heterocycles. The molecule has 168 valence electrons. The van der Waals surface area contributed by atoms with Crippen LogP contribution in [-0.2, 0) is 4.79 Å². The minimum Gasteiger partial charge on any atom is -0.497 e. The van der Waals surface area contributed by atoms with Crippen molar-refractivity contribution >= 4 is 17.2 Å². The van der Waals surface area contributed by atoms with Gasteiger partial charge in [0, 0.05) is 29.3 Å². The molecule has 1 aliphatic heterocycles. The van der Waals surface area contributed by atoms with Gasteiger partial charge < -0.3 is 20.1 Å². The molecule has 5 nitrogen and oxygen atoms in total. The molecule has 33 heavy (non-hydrogen) atoms. The number of para-hydroxylation sites is 2. The molecule has 0 aromatic heterocycles. The fourth-order valence-electron chi connectivity index (χ4n) is 4.75. The van der Waals surface area contributed by atoms with Crippen molar-refractivity contribution in [2.24, 2.45) is 0 Å². The molecule has 3 aromatic rings. The first-order chi connectivity index (χ1) is 16.1. The van der Waals surface area contributed by atoms with Gasteiger partial charge in [-0.05, 0) is 54.3 Å². The summed E-state index contributed by atoms with van der Waals surface area (Å²) < 4.78 is 24.5. The lowest BCUT2D eigenvalue weighted by atomic mass is 9.78. The average Bonchev–Trinajstić information content (AvgIpc) is 3.00. The Hall–Kier alpha value is -3.80. The van der Waals surface area contributed by atoms with E-state index in [0.29, 0.717) is 29.9 Å². The van der Waals surface area contributed by atoms with Crippen LogP contribution in [0.2, 0.25) is 0 Å². The predicted octanol–water partition coefficient (Wildman–Crippen LogP) is 5.82. The van der Waals surface area contributed by atoms with Gasteiger partial charge in [-0.15, -0.1) is 0 Å². The Bertz CT molecular complexity index is 1240. The van der Waals surface area contributed by atoms with Gasteiger partial charge in [-0.1, -0.05) is 24.3 Å². The van der Waals surface area contributed by atoms with Crippen LogP contribution in [0.15, 0.2) is 78.0 Å². The second-order valence-corrected chi connectivity index (χ2v) is 8.33. The maximum Gasteiger partial charge on any atom is 0.163 e. The third-order valence-corrected chi connectivity index (χ3v) is 6.40. The van der Waals surface area contributed by atoms with Gasteiger partial charge in [0.2, 0.25) is 0 Å². The van der Waals surface area contributed by atoms with Crippen LogP contribution in [-0.4, -0.2) is 20.0 Å². The Labute approximate surface area is 192 Å². The van der Waals surface area contributed by atoms with E-state index in [1.54, 1.807) is 26.4 Å². The first kappa shape index (κ1) is 21.1. The van der Waals surface area contributed by atoms with Gasteiger partial charge in [-0.3, -0.25) is 4.79 Å². The van der Waals surface area contributed by atoms with Crippen LogP contribution in [0.25, 0.3) is 0 Å². The molecule has 0 fully saturated rings. The normalized spacial score (nSPS) is 19.5. The molecule has 6 heteroatoms. The Morgan fingerprint density at radius 3 is 2.39 bits per heavy atom. The van der Waals surface area contributed by atoms with Crippen molar-refractivity contribution in [1.82, 2.24) is 0 Å². The van der Waals surface area contributed by atoms with E-state index in [1.165, 1.54) is 12.1 Å². The van der Waals surface area contributed by atoms with Crippen molar-refractivity contribution in [2.45, 2.75) is 24.8 Å². The molecule has 5 rings (SSSR count). The van der Waals surface area contributed by atoms with Crippen LogP contribution in [0.1, 0.15) is 35.9 Å². The molecule has 0 amide bonds. The lowest BCUT2D eigenvalue weighted by Gasteiger charge is -2.30. The number of methoxy groups -OCH3 is 2. The van der Waals surface area contributed by atoms with E-state index in [-0.39, 0.29) is 17.5 Å². The van der Waals surface area contributed by atoms with Crippen molar-refractivity contribution in [3.05, 3.63) is 94.9 Å². The quantitative estimate of drug-likeness (QED) is 0.531. The van der Waals surface area contributed by atoms with E-state index in [9.17, 15) is 9.18 Å². The number of fused-ring (bicyclic) bond motifs is 1. The summed E-state index contributed by atoms with van der Waals surface area (Å²) in [5.74, 6) is 1.09. The Morgan fingerprint density at radius 1 is 0.909 bits per heavy atom. The molecule has 0 saturated heterocycles. The van der Waals surface area contributed by atoms with Crippen LogP contribution in [0, 0.1) is 5.82 Å². The molecule has 2 atom stereocenters. The highest BCUT2D eigenvalue weighted by Gasteiger charge is 2.37. The number of benzene rings is 3. The number of halogens is 1. The SMILES string of the molecule is COc1ccc([C@@H]2Nc3ccccc3NC3=C2C(=O)C[C@H](c2ccc(F)cc2)C3)c(OC)c1. The molecule has 0 bridgehead atoms. The zero-order valence-electron chi connectivity index (χ0n) is 18.5. The van der Waals surface area contributed by atoms with E-state index in [1.807, 2.05) is 42.5 Å². The maximum atomic E-state index is 13.6. The number of anilines is 2. The van der Waals surface area contributed by atoms with E-state index < -0.39 is 6.04 Å². The third-order valence-electron chi connectivity index (χ3n) is 6.40. The molecule has 0 unspecified atom stereocenters. The number of carbonyl (C=O) groups excluding carboxylic acids is 1. The topological polar surface area (TPSA) is 59.6 Å². The summed E-state index contributed by atoms with van der Waals surface area (Å²) in [5, 5.41) is 7.09. The summed E-state index contributed by atoms with van der Waals surface area (Å²) in [6.45, 7) is 0. The number of ketones is 1. The molecule has 1 aliphatic carbocycles. The fourth-order valence-corrected chi connectivity index (χ4v) is 4.75. The molecule has 0 radical (unpaired) electrons. The second-order valence-electron chi connectivity index (χ2n) is 8.33. The lowest BCUT2D eigenvalue weighted by molar-refractivity contribution is -0.116. The van der Waals surface area contributed by atoms with Crippen molar-refractivity contribution in [3.8, 4) is 11.5 Å². The van der Waals surface area contributed by atoms with Crippen LogP contribution < -0.4 is 20.1 Å². The Kier molecular flexibility index (Phi) is 5.50. The first-order valence-electron chi connectivity index (χ1n) is 10.9. The van der Waals surface area contributed by atoms with Crippen LogP contribution in [0.5, 0.6) is 11.5 Å². The van der Waals surface area contributed by atoms with Gasteiger partial charge >= 0.3 is 0 Å². The predicted molar refractivity (Wildman–Crippen MR) is 126 cm³/mol. The standard InChI is InChI=1S/C27H25FN2O3/c1-32-19-11-12-20(25(15-19)33-2)27-26-23(29-21-5-3-4-6-22(21)30-27)13-17(14-24(26)31)16-7-9-18(28)10-8-16/h3-12,15,17,27,29-30H,13-14H2,1-2H3/t17-,27+/m1/s1. The number of rotatable bonds is 4. The van der Waals surface area contributed by atoms with Gasteiger partial charge in [0.25, 0.3) is 0 Å². The minimum absolute atomic E-state index is 0.0203. The number of carbonyl (C=O) groups is 1. The van der Waals surface area contributed by atoms with Gasteiger partial charge in [-0.25, -0.2) is 4.39 Å². The summed E-state index contributed by atoms with van der Waals surface area (Å²) in [6, 6.07) is 19.6. The van der Waals surface area contributed by atoms with E-state index in [2.05, 4.69) is 10.6 Å². The number of ether oxygens (including phenoxy) is 2. The van der Waals surface area contributed by atoms with Crippen molar-refractivity contribution in [1.29, 1.82) is 0 Å². The summed E-state index contributed by atoms with van der Waals surface area (Å²) in [6.07, 6.45) is 1.01. The summed E-state index contributed by atoms with van der Waals surface area (Å²) in [7, 11) is 3.23. The Morgan fingerprint density at radius 2 is 1.67 bits per heavy atom. The minimum atomic E-state index is -0.390. The van der Waals surface area contributed by atoms with E-state index >= 15 is 0 Å². The Balaban J connectivity index is 1.62. The van der Waals surface area contributed by atoms with Crippen molar-refractivity contribution in [2.75, 3.05) is 24.9 Å². The van der Waals surface area contributed by atoms with Gasteiger partial charge in [-0.2, -0.15) is 0 Å².